The van der Waals surface area contributed by atoms with Gasteiger partial charge in [-0.15, -0.1) is 0 Å². The third kappa shape index (κ3) is 4.43. The van der Waals surface area contributed by atoms with Gasteiger partial charge in [0.25, 0.3) is 9.04 Å². The van der Waals surface area contributed by atoms with E-state index in [1.807, 2.05) is 61.5 Å². The second-order valence-electron chi connectivity index (χ2n) is 6.33. The van der Waals surface area contributed by atoms with Gasteiger partial charge in [-0.05, 0) is 50.7 Å². The van der Waals surface area contributed by atoms with Crippen molar-refractivity contribution in [2.45, 2.75) is 26.9 Å². The predicted molar refractivity (Wildman–Crippen MR) is 108 cm³/mol. The summed E-state index contributed by atoms with van der Waals surface area (Å²) in [4.78, 5) is 13.9. The van der Waals surface area contributed by atoms with Crippen LogP contribution in [0.2, 0.25) is 13.1 Å². The van der Waals surface area contributed by atoms with Crippen molar-refractivity contribution >= 4 is 20.4 Å². The molecule has 0 aliphatic carbocycles. The molecule has 5 heteroatoms. The number of nitrogens with zero attached hydrogens (tertiary/aromatic N) is 3. The second kappa shape index (κ2) is 8.06. The number of aryl methyl sites for hydroxylation is 2. The first-order valence-electron chi connectivity index (χ1n) is 8.56. The van der Waals surface area contributed by atoms with Gasteiger partial charge in [0.05, 0.1) is 0 Å². The van der Waals surface area contributed by atoms with Crippen molar-refractivity contribution in [2.75, 3.05) is 0 Å². The highest BCUT2D eigenvalue weighted by Gasteiger charge is 2.13. The highest BCUT2D eigenvalue weighted by molar-refractivity contribution is 6.49. The van der Waals surface area contributed by atoms with E-state index in [1.165, 1.54) is 0 Å². The molecule has 0 aliphatic heterocycles. The van der Waals surface area contributed by atoms with E-state index in [-0.39, 0.29) is 0 Å². The maximum atomic E-state index is 6.08. The molecule has 3 rings (SSSR count). The van der Waals surface area contributed by atoms with E-state index in [4.69, 9.17) is 9.42 Å². The number of benzene rings is 2. The summed E-state index contributed by atoms with van der Waals surface area (Å²) in [6.45, 7) is 8.24. The number of aliphatic imine (C=N–C) groups is 1. The van der Waals surface area contributed by atoms with Gasteiger partial charge in [-0.2, -0.15) is 0 Å². The summed E-state index contributed by atoms with van der Waals surface area (Å²) < 4.78 is 6.08. The van der Waals surface area contributed by atoms with Crippen LogP contribution in [0.1, 0.15) is 22.6 Å². The molecule has 1 aromatic heterocycles. The minimum Gasteiger partial charge on any atom is -0.541 e. The molecule has 4 nitrogen and oxygen atoms in total. The highest BCUT2D eigenvalue weighted by atomic mass is 28.3. The fraction of sp³-hybridized carbons (Fsp3) is 0.190. The topological polar surface area (TPSA) is 47.4 Å². The summed E-state index contributed by atoms with van der Waals surface area (Å²) in [6.07, 6.45) is 1.77. The number of hydrogen-bond acceptors (Lipinski definition) is 4. The van der Waals surface area contributed by atoms with Crippen molar-refractivity contribution in [2.24, 2.45) is 4.99 Å². The maximum Gasteiger partial charge on any atom is 0.274 e. The third-order valence-corrected chi connectivity index (χ3v) is 4.34. The Kier molecular flexibility index (Phi) is 5.58. The normalized spacial score (nSPS) is 11.7. The molecule has 0 fully saturated rings. The molecule has 0 aliphatic rings. The summed E-state index contributed by atoms with van der Waals surface area (Å²) in [7, 11) is -0.896. The molecule has 0 atom stereocenters. The van der Waals surface area contributed by atoms with Crippen LogP contribution in [0.25, 0.3) is 0 Å². The van der Waals surface area contributed by atoms with Crippen molar-refractivity contribution in [3.8, 4) is 5.75 Å². The standard InChI is InChI=1S/C21H22N3OSi/c1-15-10-11-18(19(14-15)25-26(3)4)24-20(17-8-6-5-7-9-17)21-22-13-12-16(2)23-21/h5-14H,1-4H3. The van der Waals surface area contributed by atoms with Crippen LogP contribution in [0, 0.1) is 13.8 Å². The summed E-state index contributed by atoms with van der Waals surface area (Å²) in [5, 5.41) is 0. The van der Waals surface area contributed by atoms with Crippen LogP contribution in [0.4, 0.5) is 5.69 Å². The predicted octanol–water partition coefficient (Wildman–Crippen LogP) is 4.89. The zero-order chi connectivity index (χ0) is 18.5. The lowest BCUT2D eigenvalue weighted by Gasteiger charge is -2.13. The minimum atomic E-state index is -0.896. The monoisotopic (exact) mass is 360 g/mol. The van der Waals surface area contributed by atoms with E-state index in [1.54, 1.807) is 6.20 Å². The molecule has 131 valence electrons. The molecule has 0 spiro atoms. The molecule has 0 unspecified atom stereocenters. The fourth-order valence-electron chi connectivity index (χ4n) is 2.54. The number of hydrogen-bond donors (Lipinski definition) is 0. The molecule has 26 heavy (non-hydrogen) atoms. The first kappa shape index (κ1) is 18.0. The van der Waals surface area contributed by atoms with Crippen LogP contribution in [0.5, 0.6) is 5.75 Å². The Morgan fingerprint density at radius 2 is 1.77 bits per heavy atom. The van der Waals surface area contributed by atoms with E-state index < -0.39 is 9.04 Å². The lowest BCUT2D eigenvalue weighted by atomic mass is 10.1. The van der Waals surface area contributed by atoms with Gasteiger partial charge >= 0.3 is 0 Å². The Morgan fingerprint density at radius 3 is 2.46 bits per heavy atom. The fourth-order valence-corrected chi connectivity index (χ4v) is 3.14. The van der Waals surface area contributed by atoms with Gasteiger partial charge < -0.3 is 4.43 Å². The van der Waals surface area contributed by atoms with Crippen LogP contribution in [0.3, 0.4) is 0 Å². The Labute approximate surface area is 156 Å². The first-order valence-corrected chi connectivity index (χ1v) is 11.0. The Morgan fingerprint density at radius 1 is 1.00 bits per heavy atom. The van der Waals surface area contributed by atoms with Crippen molar-refractivity contribution < 1.29 is 4.43 Å². The zero-order valence-corrected chi connectivity index (χ0v) is 16.5. The van der Waals surface area contributed by atoms with Gasteiger partial charge in [0.1, 0.15) is 17.1 Å². The van der Waals surface area contributed by atoms with E-state index >= 15 is 0 Å². The average molecular weight is 361 g/mol. The number of rotatable bonds is 5. The van der Waals surface area contributed by atoms with Crippen LogP contribution >= 0.6 is 0 Å². The molecular formula is C21H22N3OSi. The van der Waals surface area contributed by atoms with Gasteiger partial charge in [-0.1, -0.05) is 36.4 Å². The lowest BCUT2D eigenvalue weighted by molar-refractivity contribution is 0.581. The first-order chi connectivity index (χ1) is 12.5. The summed E-state index contributed by atoms with van der Waals surface area (Å²) >= 11 is 0. The average Bonchev–Trinajstić information content (AvgIpc) is 2.61. The minimum absolute atomic E-state index is 0.612. The van der Waals surface area contributed by atoms with Gasteiger partial charge in [0.15, 0.2) is 5.82 Å². The van der Waals surface area contributed by atoms with Crippen LogP contribution in [0.15, 0.2) is 65.8 Å². The number of aromatic nitrogens is 2. The smallest absolute Gasteiger partial charge is 0.274 e. The van der Waals surface area contributed by atoms with Crippen LogP contribution in [-0.4, -0.2) is 24.7 Å². The molecule has 0 amide bonds. The molecule has 0 saturated carbocycles. The summed E-state index contributed by atoms with van der Waals surface area (Å²) in [5.41, 5.74) is 4.57. The van der Waals surface area contributed by atoms with Gasteiger partial charge in [0, 0.05) is 17.5 Å². The molecule has 2 aromatic carbocycles. The van der Waals surface area contributed by atoms with Crippen molar-refractivity contribution in [1.29, 1.82) is 0 Å². The maximum absolute atomic E-state index is 6.08. The molecule has 0 bridgehead atoms. The van der Waals surface area contributed by atoms with E-state index in [9.17, 15) is 0 Å². The van der Waals surface area contributed by atoms with E-state index in [2.05, 4.69) is 30.0 Å². The van der Waals surface area contributed by atoms with E-state index in [0.717, 1.165) is 34.0 Å². The molecule has 1 heterocycles. The quantitative estimate of drug-likeness (QED) is 0.481. The SMILES string of the molecule is Cc1ccc(N=C(c2ccccc2)c2nccc(C)n2)c(O[Si](C)C)c1. The Balaban J connectivity index is 2.17. The van der Waals surface area contributed by atoms with Crippen molar-refractivity contribution in [3.63, 3.8) is 0 Å². The van der Waals surface area contributed by atoms with Gasteiger partial charge in [-0.3, -0.25) is 0 Å². The molecule has 0 saturated heterocycles. The van der Waals surface area contributed by atoms with Crippen molar-refractivity contribution in [1.82, 2.24) is 9.97 Å². The highest BCUT2D eigenvalue weighted by Crippen LogP contribution is 2.30. The van der Waals surface area contributed by atoms with Gasteiger partial charge in [-0.25, -0.2) is 15.0 Å². The Bertz CT molecular complexity index is 924. The van der Waals surface area contributed by atoms with E-state index in [0.29, 0.717) is 5.82 Å². The van der Waals surface area contributed by atoms with Crippen LogP contribution < -0.4 is 4.43 Å². The summed E-state index contributed by atoms with van der Waals surface area (Å²) in [5.74, 6) is 1.42. The molecule has 1 radical (unpaired) electrons. The Hall–Kier alpha value is -2.79. The molecular weight excluding hydrogens is 338 g/mol. The zero-order valence-electron chi connectivity index (χ0n) is 15.5. The van der Waals surface area contributed by atoms with Gasteiger partial charge in [0.2, 0.25) is 0 Å². The molecule has 3 aromatic rings. The third-order valence-electron chi connectivity index (χ3n) is 3.72. The molecule has 0 N–H and O–H groups in total. The lowest BCUT2D eigenvalue weighted by Crippen LogP contribution is -2.12. The second-order valence-corrected chi connectivity index (χ2v) is 8.35. The van der Waals surface area contributed by atoms with Crippen LogP contribution in [-0.2, 0) is 0 Å². The largest absolute Gasteiger partial charge is 0.541 e. The van der Waals surface area contributed by atoms with Crippen molar-refractivity contribution in [3.05, 3.63) is 83.4 Å². The summed E-state index contributed by atoms with van der Waals surface area (Å²) in [6, 6.07) is 18.0.